The van der Waals surface area contributed by atoms with Crippen molar-refractivity contribution < 1.29 is 0 Å². The Kier molecular flexibility index (Phi) is 2.28. The SMILES string of the molecule is [B]N1CCC=C(c2nccs2)C1. The Morgan fingerprint density at radius 2 is 2.50 bits per heavy atom. The van der Waals surface area contributed by atoms with Crippen molar-refractivity contribution in [1.29, 1.82) is 0 Å². The molecule has 2 rings (SSSR count). The van der Waals surface area contributed by atoms with Crippen molar-refractivity contribution >= 4 is 24.9 Å². The Bertz CT molecular complexity index is 281. The summed E-state index contributed by atoms with van der Waals surface area (Å²) in [6.07, 6.45) is 5.09. The van der Waals surface area contributed by atoms with Crippen molar-refractivity contribution in [3.63, 3.8) is 0 Å². The Morgan fingerprint density at radius 3 is 3.17 bits per heavy atom. The van der Waals surface area contributed by atoms with E-state index in [1.165, 1.54) is 5.57 Å². The minimum absolute atomic E-state index is 0.827. The average molecular weight is 176 g/mol. The third kappa shape index (κ3) is 1.59. The zero-order valence-electron chi connectivity index (χ0n) is 6.73. The summed E-state index contributed by atoms with van der Waals surface area (Å²) in [5.41, 5.74) is 1.26. The second kappa shape index (κ2) is 3.41. The molecule has 1 aromatic rings. The maximum Gasteiger partial charge on any atom is 0.182 e. The molecule has 0 unspecified atom stereocenters. The predicted octanol–water partition coefficient (Wildman–Crippen LogP) is 1.32. The lowest BCUT2D eigenvalue weighted by Gasteiger charge is -2.22. The molecule has 2 heterocycles. The van der Waals surface area contributed by atoms with Crippen molar-refractivity contribution in [2.45, 2.75) is 6.42 Å². The standard InChI is InChI=1S/C8H9BN2S/c9-11-4-1-2-7(6-11)8-10-3-5-12-8/h2-3,5H,1,4,6H2. The largest absolute Gasteiger partial charge is 0.350 e. The van der Waals surface area contributed by atoms with E-state index >= 15 is 0 Å². The van der Waals surface area contributed by atoms with Crippen LogP contribution in [-0.4, -0.2) is 30.9 Å². The monoisotopic (exact) mass is 176 g/mol. The molecule has 0 saturated heterocycles. The molecule has 0 bridgehead atoms. The van der Waals surface area contributed by atoms with E-state index in [9.17, 15) is 0 Å². The van der Waals surface area contributed by atoms with E-state index in [0.717, 1.165) is 24.5 Å². The van der Waals surface area contributed by atoms with E-state index in [-0.39, 0.29) is 0 Å². The first kappa shape index (κ1) is 8.01. The molecule has 2 nitrogen and oxygen atoms in total. The summed E-state index contributed by atoms with van der Waals surface area (Å²) in [4.78, 5) is 6.07. The Labute approximate surface area is 77.4 Å². The molecule has 12 heavy (non-hydrogen) atoms. The molecule has 0 fully saturated rings. The molecule has 1 aromatic heterocycles. The molecule has 0 saturated carbocycles. The predicted molar refractivity (Wildman–Crippen MR) is 52.0 cm³/mol. The highest BCUT2D eigenvalue weighted by atomic mass is 32.1. The first-order chi connectivity index (χ1) is 5.86. The van der Waals surface area contributed by atoms with E-state index in [4.69, 9.17) is 7.98 Å². The van der Waals surface area contributed by atoms with Gasteiger partial charge in [-0.1, -0.05) is 6.08 Å². The molecule has 0 amide bonds. The summed E-state index contributed by atoms with van der Waals surface area (Å²) in [5.74, 6) is 0. The third-order valence-corrected chi connectivity index (χ3v) is 2.74. The smallest absolute Gasteiger partial charge is 0.182 e. The zero-order chi connectivity index (χ0) is 8.39. The van der Waals surface area contributed by atoms with Crippen LogP contribution < -0.4 is 0 Å². The van der Waals surface area contributed by atoms with E-state index in [0.29, 0.717) is 0 Å². The quantitative estimate of drug-likeness (QED) is 0.600. The van der Waals surface area contributed by atoms with E-state index in [1.807, 2.05) is 16.4 Å². The second-order valence-electron chi connectivity index (χ2n) is 2.83. The van der Waals surface area contributed by atoms with Crippen LogP contribution in [0.25, 0.3) is 5.57 Å². The van der Waals surface area contributed by atoms with Gasteiger partial charge >= 0.3 is 0 Å². The lowest BCUT2D eigenvalue weighted by atomic mass is 10.1. The lowest BCUT2D eigenvalue weighted by Crippen LogP contribution is -2.26. The van der Waals surface area contributed by atoms with Gasteiger partial charge in [-0.25, -0.2) is 4.98 Å². The van der Waals surface area contributed by atoms with Crippen LogP contribution in [0.2, 0.25) is 0 Å². The highest BCUT2D eigenvalue weighted by molar-refractivity contribution is 7.10. The molecule has 60 valence electrons. The average Bonchev–Trinajstić information content (AvgIpc) is 2.56. The number of aromatic nitrogens is 1. The molecule has 2 radical (unpaired) electrons. The van der Waals surface area contributed by atoms with Gasteiger partial charge in [-0.2, -0.15) is 0 Å². The first-order valence-electron chi connectivity index (χ1n) is 3.95. The van der Waals surface area contributed by atoms with Crippen LogP contribution in [-0.2, 0) is 0 Å². The van der Waals surface area contributed by atoms with Gasteiger partial charge in [0.2, 0.25) is 0 Å². The number of hydrogen-bond acceptors (Lipinski definition) is 3. The minimum Gasteiger partial charge on any atom is -0.350 e. The van der Waals surface area contributed by atoms with Gasteiger partial charge in [0.15, 0.2) is 7.98 Å². The van der Waals surface area contributed by atoms with E-state index in [2.05, 4.69) is 11.1 Å². The molecule has 1 aliphatic heterocycles. The van der Waals surface area contributed by atoms with Gasteiger partial charge in [-0.3, -0.25) is 0 Å². The van der Waals surface area contributed by atoms with Crippen LogP contribution in [0.3, 0.4) is 0 Å². The summed E-state index contributed by atoms with van der Waals surface area (Å²) in [7, 11) is 5.70. The number of hydrogen-bond donors (Lipinski definition) is 0. The summed E-state index contributed by atoms with van der Waals surface area (Å²) in [6.45, 7) is 1.78. The van der Waals surface area contributed by atoms with Crippen LogP contribution in [0.15, 0.2) is 17.7 Å². The summed E-state index contributed by atoms with van der Waals surface area (Å²) < 4.78 is 0. The number of thiazole rings is 1. The van der Waals surface area contributed by atoms with Gasteiger partial charge in [-0.05, 0) is 18.5 Å². The van der Waals surface area contributed by atoms with Gasteiger partial charge < -0.3 is 4.81 Å². The highest BCUT2D eigenvalue weighted by Gasteiger charge is 2.10. The molecule has 0 aromatic carbocycles. The normalized spacial score (nSPS) is 19.2. The van der Waals surface area contributed by atoms with Crippen molar-refractivity contribution in [2.24, 2.45) is 0 Å². The van der Waals surface area contributed by atoms with Gasteiger partial charge in [-0.15, -0.1) is 11.3 Å². The van der Waals surface area contributed by atoms with Crippen LogP contribution in [0.5, 0.6) is 0 Å². The summed E-state index contributed by atoms with van der Waals surface area (Å²) >= 11 is 1.67. The first-order valence-corrected chi connectivity index (χ1v) is 4.83. The van der Waals surface area contributed by atoms with E-state index < -0.39 is 0 Å². The Morgan fingerprint density at radius 1 is 1.58 bits per heavy atom. The van der Waals surface area contributed by atoms with Gasteiger partial charge in [0.05, 0.1) is 0 Å². The molecule has 1 aliphatic rings. The Hall–Kier alpha value is -0.605. The maximum absolute atomic E-state index is 5.70. The summed E-state index contributed by atoms with van der Waals surface area (Å²) in [5, 5.41) is 3.09. The summed E-state index contributed by atoms with van der Waals surface area (Å²) in [6, 6.07) is 0. The van der Waals surface area contributed by atoms with Gasteiger partial charge in [0, 0.05) is 18.1 Å². The van der Waals surface area contributed by atoms with Crippen LogP contribution in [0.1, 0.15) is 11.4 Å². The highest BCUT2D eigenvalue weighted by Crippen LogP contribution is 2.21. The number of nitrogens with zero attached hydrogens (tertiary/aromatic N) is 2. The minimum atomic E-state index is 0.827. The molecular formula is C8H9BN2S. The fourth-order valence-electron chi connectivity index (χ4n) is 1.30. The molecule has 0 spiro atoms. The fourth-order valence-corrected chi connectivity index (χ4v) is 1.98. The Balaban J connectivity index is 2.19. The van der Waals surface area contributed by atoms with Gasteiger partial charge in [0.1, 0.15) is 5.01 Å². The third-order valence-electron chi connectivity index (χ3n) is 1.89. The van der Waals surface area contributed by atoms with Gasteiger partial charge in [0.25, 0.3) is 0 Å². The van der Waals surface area contributed by atoms with Crippen LogP contribution in [0, 0.1) is 0 Å². The lowest BCUT2D eigenvalue weighted by molar-refractivity contribution is 0.500. The maximum atomic E-state index is 5.70. The molecule has 0 atom stereocenters. The van der Waals surface area contributed by atoms with Crippen LogP contribution in [0.4, 0.5) is 0 Å². The molecular weight excluding hydrogens is 167 g/mol. The van der Waals surface area contributed by atoms with Crippen molar-refractivity contribution in [1.82, 2.24) is 9.79 Å². The second-order valence-corrected chi connectivity index (χ2v) is 3.72. The van der Waals surface area contributed by atoms with Crippen LogP contribution >= 0.6 is 11.3 Å². The molecule has 0 N–H and O–H groups in total. The van der Waals surface area contributed by atoms with E-state index in [1.54, 1.807) is 11.3 Å². The zero-order valence-corrected chi connectivity index (χ0v) is 7.55. The van der Waals surface area contributed by atoms with Crippen molar-refractivity contribution in [2.75, 3.05) is 13.1 Å². The number of rotatable bonds is 1. The topological polar surface area (TPSA) is 16.1 Å². The molecule has 4 heteroatoms. The fraction of sp³-hybridized carbons (Fsp3) is 0.375. The van der Waals surface area contributed by atoms with Crippen molar-refractivity contribution in [3.05, 3.63) is 22.7 Å². The molecule has 0 aliphatic carbocycles. The van der Waals surface area contributed by atoms with Crippen molar-refractivity contribution in [3.8, 4) is 0 Å².